The van der Waals surface area contributed by atoms with E-state index in [1.807, 2.05) is 49.4 Å². The summed E-state index contributed by atoms with van der Waals surface area (Å²) in [5, 5.41) is 9.88. The number of carboxylic acids is 1. The summed E-state index contributed by atoms with van der Waals surface area (Å²) in [6.07, 6.45) is 8.57. The average molecular weight is 267 g/mol. The third-order valence-electron chi connectivity index (χ3n) is 3.09. The number of allylic oxidation sites excluding steroid dienone is 5. The molecule has 0 amide bonds. The van der Waals surface area contributed by atoms with Crippen LogP contribution in [0.15, 0.2) is 60.7 Å². The van der Waals surface area contributed by atoms with Gasteiger partial charge in [0.15, 0.2) is 0 Å². The maximum absolute atomic E-state index is 10.9. The van der Waals surface area contributed by atoms with Crippen molar-refractivity contribution in [2.45, 2.75) is 13.3 Å². The molecule has 0 aliphatic rings. The van der Waals surface area contributed by atoms with Gasteiger partial charge in [-0.25, -0.2) is 4.79 Å². The second kappa shape index (κ2) is 6.06. The molecule has 0 atom stereocenters. The number of fused-ring (bicyclic) bond motifs is 1. The molecule has 2 rings (SSSR count). The molecular formula is C17H17NO2. The molecule has 1 aromatic carbocycles. The molecule has 20 heavy (non-hydrogen) atoms. The van der Waals surface area contributed by atoms with E-state index >= 15 is 0 Å². The first-order valence-electron chi connectivity index (χ1n) is 6.43. The minimum Gasteiger partial charge on any atom is -0.477 e. The van der Waals surface area contributed by atoms with E-state index < -0.39 is 5.97 Å². The van der Waals surface area contributed by atoms with Crippen LogP contribution < -0.4 is 0 Å². The Morgan fingerprint density at radius 1 is 1.40 bits per heavy atom. The van der Waals surface area contributed by atoms with Gasteiger partial charge in [0.2, 0.25) is 0 Å². The molecule has 0 aliphatic carbocycles. The van der Waals surface area contributed by atoms with Crippen LogP contribution in [0.3, 0.4) is 0 Å². The molecule has 0 radical (unpaired) electrons. The van der Waals surface area contributed by atoms with E-state index in [2.05, 4.69) is 11.6 Å². The third kappa shape index (κ3) is 3.06. The van der Waals surface area contributed by atoms with Gasteiger partial charge in [0, 0.05) is 10.9 Å². The molecule has 0 unspecified atom stereocenters. The second-order valence-electron chi connectivity index (χ2n) is 4.56. The van der Waals surface area contributed by atoms with Crippen LogP contribution in [0.1, 0.15) is 23.0 Å². The lowest BCUT2D eigenvalue weighted by Crippen LogP contribution is -1.94. The fourth-order valence-electron chi connectivity index (χ4n) is 2.05. The number of hydrogen-bond donors (Lipinski definition) is 2. The minimum atomic E-state index is -0.942. The summed E-state index contributed by atoms with van der Waals surface area (Å²) in [6, 6.07) is 7.57. The predicted molar refractivity (Wildman–Crippen MR) is 82.1 cm³/mol. The molecular weight excluding hydrogens is 250 g/mol. The Kier molecular flexibility index (Phi) is 4.20. The molecule has 0 fully saturated rings. The van der Waals surface area contributed by atoms with Gasteiger partial charge in [0.1, 0.15) is 5.69 Å². The molecule has 0 spiro atoms. The molecule has 3 heteroatoms. The maximum atomic E-state index is 10.9. The molecule has 0 aliphatic heterocycles. The Labute approximate surface area is 117 Å². The highest BCUT2D eigenvalue weighted by molar-refractivity contribution is 5.93. The number of carboxylic acid groups (broad SMARTS) is 1. The van der Waals surface area contributed by atoms with E-state index in [0.29, 0.717) is 0 Å². The van der Waals surface area contributed by atoms with Crippen LogP contribution >= 0.6 is 0 Å². The Bertz CT molecular complexity index is 705. The van der Waals surface area contributed by atoms with E-state index in [1.165, 1.54) is 0 Å². The van der Waals surface area contributed by atoms with Crippen LogP contribution in [0.25, 0.3) is 10.9 Å². The van der Waals surface area contributed by atoms with Crippen molar-refractivity contribution in [3.63, 3.8) is 0 Å². The molecule has 102 valence electrons. The van der Waals surface area contributed by atoms with Crippen molar-refractivity contribution < 1.29 is 9.90 Å². The smallest absolute Gasteiger partial charge is 0.352 e. The standard InChI is InChI=1S/C17H17NO2/c1-3-5-6-12(4-2)9-13-7-8-14-11-16(17(19)20)18-15(14)10-13/h3-8,10-11,18H,2,9H2,1H3,(H,19,20)/b5-3-,12-6+. The summed E-state index contributed by atoms with van der Waals surface area (Å²) in [6.45, 7) is 5.78. The predicted octanol–water partition coefficient (Wildman–Crippen LogP) is 4.10. The van der Waals surface area contributed by atoms with Crippen molar-refractivity contribution in [2.24, 2.45) is 0 Å². The molecule has 0 bridgehead atoms. The highest BCUT2D eigenvalue weighted by Crippen LogP contribution is 2.19. The zero-order valence-corrected chi connectivity index (χ0v) is 11.4. The number of nitrogens with one attached hydrogen (secondary N) is 1. The van der Waals surface area contributed by atoms with Crippen LogP contribution in [-0.2, 0) is 6.42 Å². The second-order valence-corrected chi connectivity index (χ2v) is 4.56. The number of benzene rings is 1. The summed E-state index contributed by atoms with van der Waals surface area (Å²) < 4.78 is 0. The number of carbonyl (C=O) groups is 1. The lowest BCUT2D eigenvalue weighted by Gasteiger charge is -2.02. The number of aromatic amines is 1. The maximum Gasteiger partial charge on any atom is 0.352 e. The number of H-pyrrole nitrogens is 1. The Morgan fingerprint density at radius 3 is 2.85 bits per heavy atom. The molecule has 0 saturated carbocycles. The van der Waals surface area contributed by atoms with Gasteiger partial charge >= 0.3 is 5.97 Å². The Balaban J connectivity index is 2.31. The first-order chi connectivity index (χ1) is 9.63. The van der Waals surface area contributed by atoms with Crippen molar-refractivity contribution >= 4 is 16.9 Å². The number of aromatic nitrogens is 1. The van der Waals surface area contributed by atoms with Gasteiger partial charge in [-0.1, -0.05) is 43.0 Å². The Morgan fingerprint density at radius 2 is 2.20 bits per heavy atom. The van der Waals surface area contributed by atoms with Gasteiger partial charge in [-0.15, -0.1) is 0 Å². The van der Waals surface area contributed by atoms with Crippen LogP contribution in [-0.4, -0.2) is 16.1 Å². The zero-order chi connectivity index (χ0) is 14.5. The van der Waals surface area contributed by atoms with E-state index in [4.69, 9.17) is 5.11 Å². The highest BCUT2D eigenvalue weighted by atomic mass is 16.4. The first-order valence-corrected chi connectivity index (χ1v) is 6.43. The summed E-state index contributed by atoms with van der Waals surface area (Å²) in [7, 11) is 0. The van der Waals surface area contributed by atoms with Crippen LogP contribution in [0.4, 0.5) is 0 Å². The first kappa shape index (κ1) is 13.9. The van der Waals surface area contributed by atoms with Gasteiger partial charge in [-0.3, -0.25) is 0 Å². The summed E-state index contributed by atoms with van der Waals surface area (Å²) in [5.74, 6) is -0.942. The van der Waals surface area contributed by atoms with Crippen LogP contribution in [0.2, 0.25) is 0 Å². The quantitative estimate of drug-likeness (QED) is 0.801. The van der Waals surface area contributed by atoms with E-state index in [9.17, 15) is 4.79 Å². The molecule has 1 aromatic heterocycles. The molecule has 2 aromatic rings. The zero-order valence-electron chi connectivity index (χ0n) is 11.4. The van der Waals surface area contributed by atoms with Crippen LogP contribution in [0.5, 0.6) is 0 Å². The van der Waals surface area contributed by atoms with Crippen molar-refractivity contribution in [3.05, 3.63) is 72.0 Å². The highest BCUT2D eigenvalue weighted by Gasteiger charge is 2.07. The van der Waals surface area contributed by atoms with Gasteiger partial charge in [0.05, 0.1) is 0 Å². The monoisotopic (exact) mass is 267 g/mol. The fourth-order valence-corrected chi connectivity index (χ4v) is 2.05. The van der Waals surface area contributed by atoms with Gasteiger partial charge in [-0.05, 0) is 36.6 Å². The van der Waals surface area contributed by atoms with E-state index in [1.54, 1.807) is 6.07 Å². The van der Waals surface area contributed by atoms with Gasteiger partial charge < -0.3 is 10.1 Å². The van der Waals surface area contributed by atoms with Crippen LogP contribution in [0, 0.1) is 0 Å². The average Bonchev–Trinajstić information content (AvgIpc) is 2.86. The summed E-state index contributed by atoms with van der Waals surface area (Å²) in [5.41, 5.74) is 3.29. The van der Waals surface area contributed by atoms with E-state index in [0.717, 1.165) is 28.5 Å². The largest absolute Gasteiger partial charge is 0.477 e. The topological polar surface area (TPSA) is 53.1 Å². The molecule has 1 heterocycles. The van der Waals surface area contributed by atoms with Crippen molar-refractivity contribution in [3.8, 4) is 0 Å². The normalized spacial score (nSPS) is 12.2. The fraction of sp³-hybridized carbons (Fsp3) is 0.118. The molecule has 2 N–H and O–H groups in total. The SMILES string of the molecule is C=C/C(=C\C=C/C)Cc1ccc2cc(C(=O)O)[nH]c2c1. The van der Waals surface area contributed by atoms with Crippen molar-refractivity contribution in [1.82, 2.24) is 4.98 Å². The number of rotatable bonds is 5. The van der Waals surface area contributed by atoms with Gasteiger partial charge in [0.25, 0.3) is 0 Å². The number of aromatic carboxylic acids is 1. The lowest BCUT2D eigenvalue weighted by molar-refractivity contribution is 0.0691. The molecule has 0 saturated heterocycles. The lowest BCUT2D eigenvalue weighted by atomic mass is 10.0. The summed E-state index contributed by atoms with van der Waals surface area (Å²) in [4.78, 5) is 13.8. The van der Waals surface area contributed by atoms with Crippen molar-refractivity contribution in [1.29, 1.82) is 0 Å². The minimum absolute atomic E-state index is 0.213. The van der Waals surface area contributed by atoms with Gasteiger partial charge in [-0.2, -0.15) is 0 Å². The van der Waals surface area contributed by atoms with E-state index in [-0.39, 0.29) is 5.69 Å². The molecule has 3 nitrogen and oxygen atoms in total. The summed E-state index contributed by atoms with van der Waals surface area (Å²) >= 11 is 0. The third-order valence-corrected chi connectivity index (χ3v) is 3.09. The number of hydrogen-bond acceptors (Lipinski definition) is 1. The van der Waals surface area contributed by atoms with Crippen molar-refractivity contribution in [2.75, 3.05) is 0 Å². The Hall–Kier alpha value is -2.55.